The van der Waals surface area contributed by atoms with Crippen LogP contribution in [0.5, 0.6) is 5.75 Å². The van der Waals surface area contributed by atoms with E-state index in [4.69, 9.17) is 9.47 Å². The third kappa shape index (κ3) is 4.82. The summed E-state index contributed by atoms with van der Waals surface area (Å²) in [5.74, 6) is 0.701. The molecule has 6 heteroatoms. The van der Waals surface area contributed by atoms with Gasteiger partial charge in [-0.1, -0.05) is 12.1 Å². The highest BCUT2D eigenvalue weighted by molar-refractivity contribution is 7.09. The smallest absolute Gasteiger partial charge is 0.270 e. The molecule has 0 atom stereocenters. The second kappa shape index (κ2) is 8.51. The summed E-state index contributed by atoms with van der Waals surface area (Å²) >= 11 is 1.50. The van der Waals surface area contributed by atoms with Gasteiger partial charge in [-0.25, -0.2) is 4.98 Å². The number of ether oxygens (including phenoxy) is 2. The van der Waals surface area contributed by atoms with Gasteiger partial charge < -0.3 is 14.8 Å². The van der Waals surface area contributed by atoms with Crippen LogP contribution < -0.4 is 10.1 Å². The molecule has 0 saturated heterocycles. The molecule has 0 aliphatic heterocycles. The highest BCUT2D eigenvalue weighted by Crippen LogP contribution is 2.17. The van der Waals surface area contributed by atoms with E-state index < -0.39 is 0 Å². The van der Waals surface area contributed by atoms with Crippen LogP contribution in [0.3, 0.4) is 0 Å². The van der Waals surface area contributed by atoms with E-state index in [1.807, 2.05) is 24.3 Å². The van der Waals surface area contributed by atoms with Gasteiger partial charge in [0.1, 0.15) is 11.4 Å². The van der Waals surface area contributed by atoms with Crippen LogP contribution in [0.15, 0.2) is 29.6 Å². The Balaban J connectivity index is 1.88. The Labute approximate surface area is 134 Å². The number of nitrogens with zero attached hydrogens (tertiary/aromatic N) is 1. The molecule has 0 unspecified atom stereocenters. The summed E-state index contributed by atoms with van der Waals surface area (Å²) in [5, 5.41) is 5.55. The van der Waals surface area contributed by atoms with E-state index in [2.05, 4.69) is 10.3 Å². The predicted molar refractivity (Wildman–Crippen MR) is 86.7 cm³/mol. The van der Waals surface area contributed by atoms with Crippen molar-refractivity contribution in [2.45, 2.75) is 12.8 Å². The minimum atomic E-state index is -0.131. The monoisotopic (exact) mass is 320 g/mol. The number of rotatable bonds is 8. The van der Waals surface area contributed by atoms with Crippen molar-refractivity contribution in [2.75, 3.05) is 27.4 Å². The average molecular weight is 320 g/mol. The molecule has 1 aromatic heterocycles. The lowest BCUT2D eigenvalue weighted by molar-refractivity contribution is 0.0944. The number of hydrogen-bond donors (Lipinski definition) is 1. The molecule has 22 heavy (non-hydrogen) atoms. The van der Waals surface area contributed by atoms with Gasteiger partial charge in [0.25, 0.3) is 5.91 Å². The van der Waals surface area contributed by atoms with Gasteiger partial charge in [0, 0.05) is 32.1 Å². The first-order valence-corrected chi connectivity index (χ1v) is 7.95. The van der Waals surface area contributed by atoms with E-state index in [0.717, 1.165) is 22.7 Å². The third-order valence-electron chi connectivity index (χ3n) is 3.11. The third-order valence-corrected chi connectivity index (χ3v) is 3.96. The molecule has 1 amide bonds. The number of aromatic nitrogens is 1. The number of benzene rings is 1. The van der Waals surface area contributed by atoms with Crippen molar-refractivity contribution >= 4 is 17.2 Å². The fourth-order valence-corrected chi connectivity index (χ4v) is 2.73. The summed E-state index contributed by atoms with van der Waals surface area (Å²) in [4.78, 5) is 16.3. The van der Waals surface area contributed by atoms with Gasteiger partial charge >= 0.3 is 0 Å². The van der Waals surface area contributed by atoms with Gasteiger partial charge in [-0.15, -0.1) is 11.3 Å². The van der Waals surface area contributed by atoms with E-state index in [0.29, 0.717) is 25.3 Å². The molecule has 0 fully saturated rings. The maximum atomic E-state index is 11.9. The van der Waals surface area contributed by atoms with E-state index in [1.165, 1.54) is 11.3 Å². The molecule has 5 nitrogen and oxygen atoms in total. The predicted octanol–water partition coefficient (Wildman–Crippen LogP) is 2.51. The summed E-state index contributed by atoms with van der Waals surface area (Å²) in [7, 11) is 3.29. The lowest BCUT2D eigenvalue weighted by Crippen LogP contribution is -2.25. The summed E-state index contributed by atoms with van der Waals surface area (Å²) in [6.07, 6.45) is 1.51. The van der Waals surface area contributed by atoms with Crippen molar-refractivity contribution in [1.29, 1.82) is 0 Å². The van der Waals surface area contributed by atoms with Gasteiger partial charge in [0.05, 0.1) is 12.1 Å². The minimum Gasteiger partial charge on any atom is -0.497 e. The lowest BCUT2D eigenvalue weighted by atomic mass is 10.1. The molecule has 1 aromatic carbocycles. The SMILES string of the molecule is COCCCNC(=O)c1csc(Cc2ccc(OC)cc2)n1. The summed E-state index contributed by atoms with van der Waals surface area (Å²) in [6.45, 7) is 1.23. The number of amides is 1. The Hall–Kier alpha value is -1.92. The van der Waals surface area contributed by atoms with Crippen LogP contribution in [-0.4, -0.2) is 38.3 Å². The van der Waals surface area contributed by atoms with Gasteiger partial charge in [-0.2, -0.15) is 0 Å². The van der Waals surface area contributed by atoms with Gasteiger partial charge in [-0.05, 0) is 24.1 Å². The number of carbonyl (C=O) groups excluding carboxylic acids is 1. The van der Waals surface area contributed by atoms with E-state index in [9.17, 15) is 4.79 Å². The Bertz CT molecular complexity index is 596. The largest absolute Gasteiger partial charge is 0.497 e. The standard InChI is InChI=1S/C16H20N2O3S/c1-20-9-3-8-17-16(19)14-11-22-15(18-14)10-12-4-6-13(21-2)7-5-12/h4-7,11H,3,8-10H2,1-2H3,(H,17,19). The molecule has 0 saturated carbocycles. The van der Waals surface area contributed by atoms with Crippen molar-refractivity contribution in [1.82, 2.24) is 10.3 Å². The molecule has 0 radical (unpaired) electrons. The quantitative estimate of drug-likeness (QED) is 0.759. The maximum absolute atomic E-state index is 11.9. The Morgan fingerprint density at radius 2 is 2.05 bits per heavy atom. The van der Waals surface area contributed by atoms with Crippen molar-refractivity contribution < 1.29 is 14.3 Å². The van der Waals surface area contributed by atoms with Crippen LogP contribution in [0.1, 0.15) is 27.5 Å². The first kappa shape index (κ1) is 16.5. The zero-order valence-corrected chi connectivity index (χ0v) is 13.6. The molecule has 2 aromatic rings. The van der Waals surface area contributed by atoms with E-state index in [-0.39, 0.29) is 5.91 Å². The van der Waals surface area contributed by atoms with Crippen LogP contribution in [0.25, 0.3) is 0 Å². The molecule has 0 bridgehead atoms. The molecule has 1 heterocycles. The zero-order valence-electron chi connectivity index (χ0n) is 12.8. The number of nitrogens with one attached hydrogen (secondary N) is 1. The topological polar surface area (TPSA) is 60.5 Å². The molecular weight excluding hydrogens is 300 g/mol. The Morgan fingerprint density at radius 3 is 2.73 bits per heavy atom. The summed E-state index contributed by atoms with van der Waals surface area (Å²) < 4.78 is 10.1. The molecule has 1 N–H and O–H groups in total. The normalized spacial score (nSPS) is 10.5. The molecule has 0 spiro atoms. The van der Waals surface area contributed by atoms with Crippen LogP contribution in [0.2, 0.25) is 0 Å². The van der Waals surface area contributed by atoms with E-state index >= 15 is 0 Å². The van der Waals surface area contributed by atoms with Crippen LogP contribution in [-0.2, 0) is 11.2 Å². The second-order valence-corrected chi connectivity index (χ2v) is 5.70. The van der Waals surface area contributed by atoms with Crippen LogP contribution in [0.4, 0.5) is 0 Å². The van der Waals surface area contributed by atoms with Crippen molar-refractivity contribution in [2.24, 2.45) is 0 Å². The number of methoxy groups -OCH3 is 2. The number of thiazole rings is 1. The molecule has 0 aliphatic carbocycles. The van der Waals surface area contributed by atoms with E-state index in [1.54, 1.807) is 19.6 Å². The number of hydrogen-bond acceptors (Lipinski definition) is 5. The minimum absolute atomic E-state index is 0.131. The summed E-state index contributed by atoms with van der Waals surface area (Å²) in [5.41, 5.74) is 1.62. The molecule has 2 rings (SSSR count). The highest BCUT2D eigenvalue weighted by atomic mass is 32.1. The number of carbonyl (C=O) groups is 1. The van der Waals surface area contributed by atoms with Gasteiger partial charge in [0.2, 0.25) is 0 Å². The van der Waals surface area contributed by atoms with Crippen LogP contribution >= 0.6 is 11.3 Å². The average Bonchev–Trinajstić information content (AvgIpc) is 3.01. The van der Waals surface area contributed by atoms with Crippen LogP contribution in [0, 0.1) is 0 Å². The molecular formula is C16H20N2O3S. The molecule has 118 valence electrons. The second-order valence-electron chi connectivity index (χ2n) is 4.75. The van der Waals surface area contributed by atoms with Gasteiger partial charge in [-0.3, -0.25) is 4.79 Å². The van der Waals surface area contributed by atoms with Crippen molar-refractivity contribution in [3.05, 3.63) is 45.9 Å². The first-order valence-electron chi connectivity index (χ1n) is 7.07. The fourth-order valence-electron chi connectivity index (χ4n) is 1.92. The first-order chi connectivity index (χ1) is 10.7. The highest BCUT2D eigenvalue weighted by Gasteiger charge is 2.10. The molecule has 0 aliphatic rings. The summed E-state index contributed by atoms with van der Waals surface area (Å²) in [6, 6.07) is 7.86. The fraction of sp³-hybridized carbons (Fsp3) is 0.375. The lowest BCUT2D eigenvalue weighted by Gasteiger charge is -2.02. The zero-order chi connectivity index (χ0) is 15.8. The van der Waals surface area contributed by atoms with Crippen molar-refractivity contribution in [3.8, 4) is 5.75 Å². The Morgan fingerprint density at radius 1 is 1.27 bits per heavy atom. The maximum Gasteiger partial charge on any atom is 0.270 e. The Kier molecular flexibility index (Phi) is 6.36. The van der Waals surface area contributed by atoms with Gasteiger partial charge in [0.15, 0.2) is 0 Å². The van der Waals surface area contributed by atoms with Crippen molar-refractivity contribution in [3.63, 3.8) is 0 Å².